The fourth-order valence-electron chi connectivity index (χ4n) is 2.63. The Hall–Kier alpha value is -0.823. The minimum atomic E-state index is -1.11. The zero-order chi connectivity index (χ0) is 10.3. The Balaban J connectivity index is 2.52. The van der Waals surface area contributed by atoms with E-state index in [4.69, 9.17) is 0 Å². The SMILES string of the molecule is CC1=Cc2ccccc2[C@H]1[Si](C)(C)C. The summed E-state index contributed by atoms with van der Waals surface area (Å²) in [5.74, 6) is 0. The molecule has 2 rings (SSSR count). The van der Waals surface area contributed by atoms with E-state index in [9.17, 15) is 0 Å². The number of fused-ring (bicyclic) bond motifs is 1. The van der Waals surface area contributed by atoms with Crippen molar-refractivity contribution in [1.82, 2.24) is 0 Å². The molecule has 0 saturated heterocycles. The van der Waals surface area contributed by atoms with Gasteiger partial charge in [0.25, 0.3) is 0 Å². The van der Waals surface area contributed by atoms with Gasteiger partial charge in [0, 0.05) is 5.54 Å². The van der Waals surface area contributed by atoms with Gasteiger partial charge in [-0.1, -0.05) is 55.6 Å². The molecule has 0 radical (unpaired) electrons. The summed E-state index contributed by atoms with van der Waals surface area (Å²) >= 11 is 0. The largest absolute Gasteiger partial charge is 0.0688 e. The first-order valence-corrected chi connectivity index (χ1v) is 8.85. The minimum absolute atomic E-state index is 0.735. The molecule has 0 unspecified atom stereocenters. The Labute approximate surface area is 87.7 Å². The van der Waals surface area contributed by atoms with Gasteiger partial charge in [-0.05, 0) is 18.1 Å². The summed E-state index contributed by atoms with van der Waals surface area (Å²) in [5, 5.41) is 0. The van der Waals surface area contributed by atoms with E-state index >= 15 is 0 Å². The van der Waals surface area contributed by atoms with Crippen LogP contribution in [0.25, 0.3) is 6.08 Å². The maximum Gasteiger partial charge on any atom is 0.0569 e. The van der Waals surface area contributed by atoms with E-state index in [2.05, 4.69) is 56.9 Å². The number of hydrogen-bond acceptors (Lipinski definition) is 0. The number of allylic oxidation sites excluding steroid dienone is 1. The molecule has 0 spiro atoms. The summed E-state index contributed by atoms with van der Waals surface area (Å²) in [6.07, 6.45) is 2.36. The molecule has 0 heterocycles. The molecular formula is C13H18Si. The maximum absolute atomic E-state index is 2.46. The van der Waals surface area contributed by atoms with Crippen molar-refractivity contribution in [2.24, 2.45) is 0 Å². The Morgan fingerprint density at radius 3 is 2.36 bits per heavy atom. The minimum Gasteiger partial charge on any atom is -0.0688 e. The van der Waals surface area contributed by atoms with Crippen LogP contribution in [0.3, 0.4) is 0 Å². The van der Waals surface area contributed by atoms with Crippen molar-refractivity contribution in [2.75, 3.05) is 0 Å². The Kier molecular flexibility index (Phi) is 2.15. The van der Waals surface area contributed by atoms with Crippen LogP contribution >= 0.6 is 0 Å². The zero-order valence-corrected chi connectivity index (χ0v) is 10.5. The van der Waals surface area contributed by atoms with Crippen molar-refractivity contribution in [2.45, 2.75) is 32.1 Å². The molecule has 0 bridgehead atoms. The molecule has 1 aliphatic carbocycles. The highest BCUT2D eigenvalue weighted by atomic mass is 28.3. The molecule has 1 aliphatic rings. The first-order chi connectivity index (χ1) is 6.50. The molecule has 0 aromatic heterocycles. The lowest BCUT2D eigenvalue weighted by Crippen LogP contribution is -2.30. The molecule has 1 aromatic carbocycles. The molecule has 1 heteroatoms. The van der Waals surface area contributed by atoms with Gasteiger partial charge in [-0.3, -0.25) is 0 Å². The topological polar surface area (TPSA) is 0 Å². The highest BCUT2D eigenvalue weighted by molar-refractivity contribution is 6.78. The standard InChI is InChI=1S/C13H18Si/c1-10-9-11-7-5-6-8-12(11)13(10)14(2,3)4/h5-9,13H,1-4H3/t13-/m0/s1. The van der Waals surface area contributed by atoms with Crippen LogP contribution in [0.2, 0.25) is 19.6 Å². The second kappa shape index (κ2) is 3.09. The lowest BCUT2D eigenvalue weighted by molar-refractivity contribution is 1.07. The lowest BCUT2D eigenvalue weighted by atomic mass is 10.1. The van der Waals surface area contributed by atoms with Crippen LogP contribution in [0.4, 0.5) is 0 Å². The third-order valence-electron chi connectivity index (χ3n) is 3.01. The van der Waals surface area contributed by atoms with Crippen molar-refractivity contribution in [3.63, 3.8) is 0 Å². The third-order valence-corrected chi connectivity index (χ3v) is 5.51. The van der Waals surface area contributed by atoms with E-state index in [0.29, 0.717) is 0 Å². The monoisotopic (exact) mass is 202 g/mol. The van der Waals surface area contributed by atoms with Crippen molar-refractivity contribution in [3.05, 3.63) is 41.0 Å². The fourth-order valence-corrected chi connectivity index (χ4v) is 5.27. The van der Waals surface area contributed by atoms with Crippen molar-refractivity contribution in [3.8, 4) is 0 Å². The van der Waals surface area contributed by atoms with E-state index < -0.39 is 8.07 Å². The van der Waals surface area contributed by atoms with Gasteiger partial charge in [0.15, 0.2) is 0 Å². The van der Waals surface area contributed by atoms with E-state index in [1.54, 1.807) is 11.1 Å². The van der Waals surface area contributed by atoms with Crippen LogP contribution < -0.4 is 0 Å². The van der Waals surface area contributed by atoms with Gasteiger partial charge in [-0.25, -0.2) is 0 Å². The van der Waals surface area contributed by atoms with Gasteiger partial charge < -0.3 is 0 Å². The third kappa shape index (κ3) is 1.46. The second-order valence-electron chi connectivity index (χ2n) is 5.32. The molecule has 74 valence electrons. The zero-order valence-electron chi connectivity index (χ0n) is 9.46. The molecule has 0 amide bonds. The Bertz CT molecular complexity index is 382. The van der Waals surface area contributed by atoms with Crippen LogP contribution in [0.5, 0.6) is 0 Å². The van der Waals surface area contributed by atoms with E-state index in [0.717, 1.165) is 5.54 Å². The highest BCUT2D eigenvalue weighted by Crippen LogP contribution is 2.41. The van der Waals surface area contributed by atoms with E-state index in [-0.39, 0.29) is 0 Å². The summed E-state index contributed by atoms with van der Waals surface area (Å²) in [5.41, 5.74) is 5.30. The quantitative estimate of drug-likeness (QED) is 0.602. The Morgan fingerprint density at radius 1 is 1.07 bits per heavy atom. The Morgan fingerprint density at radius 2 is 1.71 bits per heavy atom. The predicted octanol–water partition coefficient (Wildman–Crippen LogP) is 4.06. The van der Waals surface area contributed by atoms with E-state index in [1.807, 2.05) is 0 Å². The normalized spacial score (nSPS) is 20.6. The summed E-state index contributed by atoms with van der Waals surface area (Å²) in [7, 11) is -1.11. The second-order valence-corrected chi connectivity index (χ2v) is 10.6. The molecule has 0 nitrogen and oxygen atoms in total. The van der Waals surface area contributed by atoms with Crippen LogP contribution in [0, 0.1) is 0 Å². The average Bonchev–Trinajstić information content (AvgIpc) is 2.38. The molecular weight excluding hydrogens is 184 g/mol. The number of benzene rings is 1. The van der Waals surface area contributed by atoms with Gasteiger partial charge in [-0.15, -0.1) is 0 Å². The van der Waals surface area contributed by atoms with Gasteiger partial charge in [0.05, 0.1) is 8.07 Å². The van der Waals surface area contributed by atoms with Crippen LogP contribution in [0.1, 0.15) is 23.6 Å². The van der Waals surface area contributed by atoms with Gasteiger partial charge in [-0.2, -0.15) is 0 Å². The smallest absolute Gasteiger partial charge is 0.0569 e. The summed E-state index contributed by atoms with van der Waals surface area (Å²) in [4.78, 5) is 0. The lowest BCUT2D eigenvalue weighted by Gasteiger charge is -2.27. The van der Waals surface area contributed by atoms with Crippen molar-refractivity contribution >= 4 is 14.1 Å². The van der Waals surface area contributed by atoms with Crippen LogP contribution in [0.15, 0.2) is 29.8 Å². The molecule has 14 heavy (non-hydrogen) atoms. The molecule has 0 fully saturated rings. The van der Waals surface area contributed by atoms with E-state index in [1.165, 1.54) is 5.56 Å². The summed E-state index contributed by atoms with van der Waals surface area (Å²) in [6, 6.07) is 8.83. The van der Waals surface area contributed by atoms with Gasteiger partial charge >= 0.3 is 0 Å². The highest BCUT2D eigenvalue weighted by Gasteiger charge is 2.33. The molecule has 0 aliphatic heterocycles. The van der Waals surface area contributed by atoms with Gasteiger partial charge in [0.2, 0.25) is 0 Å². The average molecular weight is 202 g/mol. The summed E-state index contributed by atoms with van der Waals surface area (Å²) in [6.45, 7) is 9.65. The van der Waals surface area contributed by atoms with Crippen molar-refractivity contribution in [1.29, 1.82) is 0 Å². The molecule has 0 N–H and O–H groups in total. The van der Waals surface area contributed by atoms with Crippen LogP contribution in [-0.4, -0.2) is 8.07 Å². The fraction of sp³-hybridized carbons (Fsp3) is 0.385. The number of hydrogen-bond donors (Lipinski definition) is 0. The molecule has 1 aromatic rings. The van der Waals surface area contributed by atoms with Gasteiger partial charge in [0.1, 0.15) is 0 Å². The van der Waals surface area contributed by atoms with Crippen LogP contribution in [-0.2, 0) is 0 Å². The molecule has 1 atom stereocenters. The summed E-state index contributed by atoms with van der Waals surface area (Å²) < 4.78 is 0. The maximum atomic E-state index is 2.46. The first kappa shape index (κ1) is 9.72. The number of rotatable bonds is 1. The molecule has 0 saturated carbocycles. The predicted molar refractivity (Wildman–Crippen MR) is 66.2 cm³/mol. The first-order valence-electron chi connectivity index (χ1n) is 5.27. The van der Waals surface area contributed by atoms with Crippen molar-refractivity contribution < 1.29 is 0 Å².